The zero-order chi connectivity index (χ0) is 20.4. The third-order valence-corrected chi connectivity index (χ3v) is 5.93. The lowest BCUT2D eigenvalue weighted by atomic mass is 10.1. The SMILES string of the molecule is Cc1ccc(C)c(-n2c(=O)c3ccccc3n3c(SCCCCC#N)nnc23)c1. The first-order valence-corrected chi connectivity index (χ1v) is 10.6. The molecule has 0 atom stereocenters. The highest BCUT2D eigenvalue weighted by atomic mass is 32.2. The van der Waals surface area contributed by atoms with Gasteiger partial charge in [-0.3, -0.25) is 9.20 Å². The van der Waals surface area contributed by atoms with Crippen molar-refractivity contribution < 1.29 is 0 Å². The summed E-state index contributed by atoms with van der Waals surface area (Å²) in [4.78, 5) is 13.4. The van der Waals surface area contributed by atoms with E-state index in [-0.39, 0.29) is 5.56 Å². The Hall–Kier alpha value is -3.11. The van der Waals surface area contributed by atoms with E-state index in [9.17, 15) is 4.79 Å². The third-order valence-electron chi connectivity index (χ3n) is 4.91. The van der Waals surface area contributed by atoms with Crippen LogP contribution in [0.25, 0.3) is 22.4 Å². The third kappa shape index (κ3) is 3.52. The molecule has 4 aromatic rings. The molecule has 146 valence electrons. The number of nitriles is 1. The fourth-order valence-corrected chi connectivity index (χ4v) is 4.36. The molecule has 0 amide bonds. The molecule has 29 heavy (non-hydrogen) atoms. The van der Waals surface area contributed by atoms with Gasteiger partial charge in [-0.25, -0.2) is 4.57 Å². The maximum Gasteiger partial charge on any atom is 0.267 e. The van der Waals surface area contributed by atoms with Crippen molar-refractivity contribution >= 4 is 28.4 Å². The minimum Gasteiger partial charge on any atom is -0.268 e. The molecule has 0 saturated carbocycles. The van der Waals surface area contributed by atoms with Gasteiger partial charge in [-0.15, -0.1) is 10.2 Å². The average molecular weight is 404 g/mol. The molecule has 2 aromatic carbocycles. The van der Waals surface area contributed by atoms with Crippen LogP contribution in [0.5, 0.6) is 0 Å². The molecule has 0 unspecified atom stereocenters. The van der Waals surface area contributed by atoms with Crippen LogP contribution in [0.4, 0.5) is 0 Å². The molecule has 2 heterocycles. The Balaban J connectivity index is 1.93. The first-order valence-electron chi connectivity index (χ1n) is 9.58. The molecular weight excluding hydrogens is 382 g/mol. The summed E-state index contributed by atoms with van der Waals surface area (Å²) in [6, 6.07) is 15.8. The second-order valence-corrected chi connectivity index (χ2v) is 8.09. The average Bonchev–Trinajstić information content (AvgIpc) is 3.14. The lowest BCUT2D eigenvalue weighted by Gasteiger charge is -2.14. The van der Waals surface area contributed by atoms with Gasteiger partial charge in [0.15, 0.2) is 5.16 Å². The molecule has 0 fully saturated rings. The van der Waals surface area contributed by atoms with Gasteiger partial charge in [0.2, 0.25) is 5.78 Å². The number of rotatable bonds is 6. The Kier molecular flexibility index (Phi) is 5.36. The highest BCUT2D eigenvalue weighted by Gasteiger charge is 2.18. The maximum atomic E-state index is 13.4. The minimum absolute atomic E-state index is 0.0974. The molecule has 0 aliphatic rings. The Morgan fingerprint density at radius 3 is 2.76 bits per heavy atom. The van der Waals surface area contributed by atoms with Crippen LogP contribution in [0.3, 0.4) is 0 Å². The van der Waals surface area contributed by atoms with Gasteiger partial charge in [-0.1, -0.05) is 36.0 Å². The van der Waals surface area contributed by atoms with Gasteiger partial charge < -0.3 is 0 Å². The summed E-state index contributed by atoms with van der Waals surface area (Å²) in [6.07, 6.45) is 2.37. The lowest BCUT2D eigenvalue weighted by Crippen LogP contribution is -2.22. The number of hydrogen-bond acceptors (Lipinski definition) is 5. The van der Waals surface area contributed by atoms with Gasteiger partial charge in [0, 0.05) is 12.2 Å². The number of para-hydroxylation sites is 1. The van der Waals surface area contributed by atoms with Gasteiger partial charge >= 0.3 is 0 Å². The summed E-state index contributed by atoms with van der Waals surface area (Å²) in [5.41, 5.74) is 3.61. The molecule has 0 N–H and O–H groups in total. The normalized spacial score (nSPS) is 11.2. The zero-order valence-electron chi connectivity index (χ0n) is 16.4. The van der Waals surface area contributed by atoms with Crippen molar-refractivity contribution in [2.24, 2.45) is 0 Å². The van der Waals surface area contributed by atoms with Crippen molar-refractivity contribution in [2.45, 2.75) is 38.3 Å². The maximum absolute atomic E-state index is 13.4. The van der Waals surface area contributed by atoms with Gasteiger partial charge in [-0.05, 0) is 56.0 Å². The monoisotopic (exact) mass is 403 g/mol. The number of nitrogens with zero attached hydrogens (tertiary/aromatic N) is 5. The summed E-state index contributed by atoms with van der Waals surface area (Å²) in [7, 11) is 0. The van der Waals surface area contributed by atoms with Crippen LogP contribution < -0.4 is 5.56 Å². The highest BCUT2D eigenvalue weighted by molar-refractivity contribution is 7.99. The summed E-state index contributed by atoms with van der Waals surface area (Å²) >= 11 is 1.60. The topological polar surface area (TPSA) is 76.0 Å². The van der Waals surface area contributed by atoms with Crippen LogP contribution in [0.15, 0.2) is 52.4 Å². The van der Waals surface area contributed by atoms with E-state index in [1.54, 1.807) is 16.3 Å². The number of aromatic nitrogens is 4. The summed E-state index contributed by atoms with van der Waals surface area (Å²) in [5.74, 6) is 1.36. The molecule has 0 aliphatic heterocycles. The second kappa shape index (κ2) is 8.10. The predicted octanol–water partition coefficient (Wildman–Crippen LogP) is 4.44. The minimum atomic E-state index is -0.0974. The number of aryl methyl sites for hydroxylation is 2. The molecule has 0 aliphatic carbocycles. The van der Waals surface area contributed by atoms with Crippen molar-refractivity contribution in [3.05, 3.63) is 63.9 Å². The van der Waals surface area contributed by atoms with Crippen molar-refractivity contribution in [1.29, 1.82) is 5.26 Å². The smallest absolute Gasteiger partial charge is 0.267 e. The van der Waals surface area contributed by atoms with Crippen molar-refractivity contribution in [3.8, 4) is 11.8 Å². The van der Waals surface area contributed by atoms with Gasteiger partial charge in [-0.2, -0.15) is 5.26 Å². The van der Waals surface area contributed by atoms with E-state index in [1.165, 1.54) is 0 Å². The quantitative estimate of drug-likeness (QED) is 0.351. The van der Waals surface area contributed by atoms with Crippen LogP contribution in [-0.2, 0) is 0 Å². The molecule has 4 rings (SSSR count). The van der Waals surface area contributed by atoms with Crippen LogP contribution in [0.1, 0.15) is 30.4 Å². The fraction of sp³-hybridized carbons (Fsp3) is 0.273. The molecule has 0 radical (unpaired) electrons. The van der Waals surface area contributed by atoms with Crippen molar-refractivity contribution in [2.75, 3.05) is 5.75 Å². The number of benzene rings is 2. The highest BCUT2D eigenvalue weighted by Crippen LogP contribution is 2.25. The van der Waals surface area contributed by atoms with E-state index in [2.05, 4.69) is 16.3 Å². The van der Waals surface area contributed by atoms with Crippen LogP contribution in [0.2, 0.25) is 0 Å². The molecule has 2 aromatic heterocycles. The number of hydrogen-bond donors (Lipinski definition) is 0. The molecule has 0 bridgehead atoms. The molecular formula is C22H21N5OS. The number of unbranched alkanes of at least 4 members (excludes halogenated alkanes) is 2. The number of fused-ring (bicyclic) bond motifs is 3. The predicted molar refractivity (Wildman–Crippen MR) is 116 cm³/mol. The van der Waals surface area contributed by atoms with E-state index < -0.39 is 0 Å². The summed E-state index contributed by atoms with van der Waals surface area (Å²) in [6.45, 7) is 4.01. The van der Waals surface area contributed by atoms with E-state index in [4.69, 9.17) is 5.26 Å². The summed E-state index contributed by atoms with van der Waals surface area (Å²) < 4.78 is 3.63. The molecule has 6 nitrogen and oxygen atoms in total. The van der Waals surface area contributed by atoms with Crippen LogP contribution >= 0.6 is 11.8 Å². The first kappa shape index (κ1) is 19.2. The lowest BCUT2D eigenvalue weighted by molar-refractivity contribution is 0.826. The molecule has 0 spiro atoms. The van der Waals surface area contributed by atoms with E-state index in [0.29, 0.717) is 17.6 Å². The fourth-order valence-electron chi connectivity index (χ4n) is 3.42. The molecule has 7 heteroatoms. The van der Waals surface area contributed by atoms with E-state index >= 15 is 0 Å². The Bertz CT molecular complexity index is 1300. The standard InChI is InChI=1S/C22H21N5OS/c1-15-10-11-16(2)19(14-15)26-20(28)17-8-4-5-9-18(17)27-21(26)24-25-22(27)29-13-7-3-6-12-23/h4-5,8-11,14H,3,6-7,13H2,1-2H3. The van der Waals surface area contributed by atoms with Gasteiger partial charge in [0.05, 0.1) is 22.7 Å². The van der Waals surface area contributed by atoms with Gasteiger partial charge in [0.1, 0.15) is 0 Å². The number of thioether (sulfide) groups is 1. The molecule has 0 saturated heterocycles. The largest absolute Gasteiger partial charge is 0.268 e. The van der Waals surface area contributed by atoms with Gasteiger partial charge in [0.25, 0.3) is 5.56 Å². The van der Waals surface area contributed by atoms with Crippen LogP contribution in [-0.4, -0.2) is 24.9 Å². The van der Waals surface area contributed by atoms with E-state index in [0.717, 1.165) is 46.1 Å². The Morgan fingerprint density at radius 1 is 1.10 bits per heavy atom. The Labute approximate surface area is 172 Å². The van der Waals surface area contributed by atoms with Crippen molar-refractivity contribution in [3.63, 3.8) is 0 Å². The van der Waals surface area contributed by atoms with Crippen LogP contribution in [0, 0.1) is 25.2 Å². The van der Waals surface area contributed by atoms with Crippen molar-refractivity contribution in [1.82, 2.24) is 19.2 Å². The second-order valence-electron chi connectivity index (χ2n) is 7.03. The first-order chi connectivity index (χ1) is 14.1. The zero-order valence-corrected chi connectivity index (χ0v) is 17.2. The van der Waals surface area contributed by atoms with E-state index in [1.807, 2.05) is 60.7 Å². The summed E-state index contributed by atoms with van der Waals surface area (Å²) in [5, 5.41) is 18.9. The Morgan fingerprint density at radius 2 is 1.93 bits per heavy atom.